The van der Waals surface area contributed by atoms with Crippen molar-refractivity contribution in [1.29, 1.82) is 0 Å². The molecule has 0 saturated heterocycles. The Bertz CT molecular complexity index is 251. The summed E-state index contributed by atoms with van der Waals surface area (Å²) in [6.07, 6.45) is 2.68. The van der Waals surface area contributed by atoms with Gasteiger partial charge in [0.05, 0.1) is 6.16 Å². The van der Waals surface area contributed by atoms with Gasteiger partial charge in [-0.2, -0.15) is 0 Å². The van der Waals surface area contributed by atoms with Crippen LogP contribution in [-0.2, 0) is 13.4 Å². The second-order valence-electron chi connectivity index (χ2n) is 2.53. The topological polar surface area (TPSA) is 87.1 Å². The molecule has 0 heterocycles. The Labute approximate surface area is 77.3 Å². The fourth-order valence-electron chi connectivity index (χ4n) is 0.550. The first-order valence-electron chi connectivity index (χ1n) is 3.41. The summed E-state index contributed by atoms with van der Waals surface area (Å²) < 4.78 is 25.0. The Hall–Kier alpha value is -0.120. The maximum absolute atomic E-state index is 10.9. The van der Waals surface area contributed by atoms with Gasteiger partial charge in [0, 0.05) is 14.1 Å². The Morgan fingerprint density at radius 3 is 2.54 bits per heavy atom. The van der Waals surface area contributed by atoms with Gasteiger partial charge in [-0.15, -0.1) is 0 Å². The van der Waals surface area contributed by atoms with E-state index in [9.17, 15) is 9.13 Å². The van der Waals surface area contributed by atoms with E-state index in [4.69, 9.17) is 9.79 Å². The van der Waals surface area contributed by atoms with Gasteiger partial charge in [-0.3, -0.25) is 9.13 Å². The van der Waals surface area contributed by atoms with Gasteiger partial charge in [0.1, 0.15) is 0 Å². The first kappa shape index (κ1) is 12.9. The van der Waals surface area contributed by atoms with Crippen molar-refractivity contribution in [3.05, 3.63) is 12.3 Å². The minimum atomic E-state index is -3.94. The summed E-state index contributed by atoms with van der Waals surface area (Å²) in [6, 6.07) is 0. The van der Waals surface area contributed by atoms with Crippen LogP contribution in [0.4, 0.5) is 0 Å². The summed E-state index contributed by atoms with van der Waals surface area (Å²) >= 11 is 0. The third kappa shape index (κ3) is 8.22. The molecule has 0 spiro atoms. The van der Waals surface area contributed by atoms with E-state index < -0.39 is 15.9 Å². The van der Waals surface area contributed by atoms with Gasteiger partial charge in [0.15, 0.2) is 0 Å². The van der Waals surface area contributed by atoms with Crippen LogP contribution in [-0.4, -0.2) is 34.9 Å². The van der Waals surface area contributed by atoms with Crippen molar-refractivity contribution in [2.45, 2.75) is 0 Å². The van der Waals surface area contributed by atoms with Crippen molar-refractivity contribution in [1.82, 2.24) is 4.90 Å². The SMILES string of the molecule is CN(C)C=CCP(=O)(O)O[PH](=O)O. The van der Waals surface area contributed by atoms with Crippen LogP contribution in [0.3, 0.4) is 0 Å². The quantitative estimate of drug-likeness (QED) is 0.673. The Kier molecular flexibility index (Phi) is 5.53. The van der Waals surface area contributed by atoms with Crippen molar-refractivity contribution in [2.75, 3.05) is 20.3 Å². The molecule has 13 heavy (non-hydrogen) atoms. The van der Waals surface area contributed by atoms with Crippen molar-refractivity contribution in [3.8, 4) is 0 Å². The van der Waals surface area contributed by atoms with E-state index in [1.165, 1.54) is 6.08 Å². The average molecular weight is 229 g/mol. The normalized spacial score (nSPS) is 18.5. The van der Waals surface area contributed by atoms with E-state index in [-0.39, 0.29) is 6.16 Å². The van der Waals surface area contributed by atoms with Crippen LogP contribution >= 0.6 is 15.9 Å². The monoisotopic (exact) mass is 229 g/mol. The number of rotatable bonds is 5. The fraction of sp³-hybridized carbons (Fsp3) is 0.600. The van der Waals surface area contributed by atoms with Crippen LogP contribution in [0.1, 0.15) is 0 Å². The number of nitrogens with zero attached hydrogens (tertiary/aromatic N) is 1. The van der Waals surface area contributed by atoms with Gasteiger partial charge in [0.25, 0.3) is 0 Å². The molecule has 0 aromatic rings. The standard InChI is InChI=1S/C5H13NO5P2/c1-6(2)4-3-5-13(9,10)11-12(7)8/h3-4,12H,5H2,1-2H3,(H,7,8)(H,9,10). The van der Waals surface area contributed by atoms with Gasteiger partial charge >= 0.3 is 15.9 Å². The molecule has 0 aliphatic carbocycles. The zero-order valence-corrected chi connectivity index (χ0v) is 9.27. The summed E-state index contributed by atoms with van der Waals surface area (Å²) in [4.78, 5) is 18.8. The molecule has 0 aliphatic heterocycles. The molecule has 0 rings (SSSR count). The van der Waals surface area contributed by atoms with Crippen molar-refractivity contribution in [3.63, 3.8) is 0 Å². The highest BCUT2D eigenvalue weighted by Gasteiger charge is 2.19. The molecule has 0 aromatic heterocycles. The molecule has 2 atom stereocenters. The fourth-order valence-corrected chi connectivity index (χ4v) is 2.19. The summed E-state index contributed by atoms with van der Waals surface area (Å²) in [7, 11) is -3.80. The van der Waals surface area contributed by atoms with E-state index >= 15 is 0 Å². The van der Waals surface area contributed by atoms with Gasteiger partial charge in [-0.1, -0.05) is 6.08 Å². The molecule has 0 fully saturated rings. The first-order chi connectivity index (χ1) is 5.83. The highest BCUT2D eigenvalue weighted by molar-refractivity contribution is 7.59. The van der Waals surface area contributed by atoms with Crippen molar-refractivity contribution in [2.24, 2.45) is 0 Å². The van der Waals surface area contributed by atoms with Gasteiger partial charge in [-0.25, -0.2) is 4.31 Å². The van der Waals surface area contributed by atoms with Crippen LogP contribution in [0.5, 0.6) is 0 Å². The number of hydrogen-bond acceptors (Lipinski definition) is 4. The molecule has 0 amide bonds. The van der Waals surface area contributed by atoms with E-state index in [1.807, 2.05) is 0 Å². The number of allylic oxidation sites excluding steroid dienone is 1. The largest absolute Gasteiger partial charge is 0.384 e. The third-order valence-corrected chi connectivity index (χ3v) is 3.40. The minimum absolute atomic E-state index is 0.276. The summed E-state index contributed by atoms with van der Waals surface area (Å²) in [6.45, 7) is 0. The lowest BCUT2D eigenvalue weighted by molar-refractivity contribution is 0.352. The van der Waals surface area contributed by atoms with Crippen LogP contribution in [0.15, 0.2) is 12.3 Å². The van der Waals surface area contributed by atoms with Crippen LogP contribution in [0.25, 0.3) is 0 Å². The maximum atomic E-state index is 10.9. The predicted octanol–water partition coefficient (Wildman–Crippen LogP) is 0.646. The van der Waals surface area contributed by atoms with E-state index in [2.05, 4.69) is 4.31 Å². The van der Waals surface area contributed by atoms with Crippen molar-refractivity contribution >= 4 is 15.9 Å². The Balaban J connectivity index is 4.03. The molecule has 8 heteroatoms. The second-order valence-corrected chi connectivity index (χ2v) is 5.43. The van der Waals surface area contributed by atoms with Crippen LogP contribution < -0.4 is 0 Å². The molecule has 0 saturated carbocycles. The maximum Gasteiger partial charge on any atom is 0.338 e. The smallest absolute Gasteiger partial charge is 0.338 e. The highest BCUT2D eigenvalue weighted by atomic mass is 31.2. The van der Waals surface area contributed by atoms with Gasteiger partial charge in [-0.05, 0) is 6.20 Å². The third-order valence-electron chi connectivity index (χ3n) is 0.960. The molecule has 2 N–H and O–H groups in total. The lowest BCUT2D eigenvalue weighted by Gasteiger charge is -2.07. The average Bonchev–Trinajstić information content (AvgIpc) is 1.81. The Morgan fingerprint density at radius 2 is 2.15 bits per heavy atom. The van der Waals surface area contributed by atoms with Gasteiger partial charge < -0.3 is 14.7 Å². The minimum Gasteiger partial charge on any atom is -0.384 e. The molecule has 0 aromatic carbocycles. The number of hydrogen-bond donors (Lipinski definition) is 2. The van der Waals surface area contributed by atoms with Crippen molar-refractivity contribution < 1.29 is 23.2 Å². The lowest BCUT2D eigenvalue weighted by Crippen LogP contribution is -2.00. The molecular formula is C5H13NO5P2. The molecule has 2 unspecified atom stereocenters. The molecule has 0 radical (unpaired) electrons. The molecule has 78 valence electrons. The lowest BCUT2D eigenvalue weighted by atomic mass is 10.6. The summed E-state index contributed by atoms with van der Waals surface area (Å²) in [5, 5.41) is 0. The molecule has 6 nitrogen and oxygen atoms in total. The first-order valence-corrected chi connectivity index (χ1v) is 6.43. The molecule has 0 aliphatic rings. The van der Waals surface area contributed by atoms with E-state index in [0.717, 1.165) is 0 Å². The van der Waals surface area contributed by atoms with E-state index in [1.54, 1.807) is 25.2 Å². The second kappa shape index (κ2) is 5.58. The predicted molar refractivity (Wildman–Crippen MR) is 49.8 cm³/mol. The van der Waals surface area contributed by atoms with Crippen LogP contribution in [0.2, 0.25) is 0 Å². The van der Waals surface area contributed by atoms with E-state index in [0.29, 0.717) is 0 Å². The Morgan fingerprint density at radius 1 is 1.62 bits per heavy atom. The zero-order chi connectivity index (χ0) is 10.5. The summed E-state index contributed by atoms with van der Waals surface area (Å²) in [5.74, 6) is 0. The molecule has 0 bridgehead atoms. The van der Waals surface area contributed by atoms with Gasteiger partial charge in [0.2, 0.25) is 0 Å². The highest BCUT2D eigenvalue weighted by Crippen LogP contribution is 2.49. The zero-order valence-electron chi connectivity index (χ0n) is 7.38. The van der Waals surface area contributed by atoms with Crippen LogP contribution in [0, 0.1) is 0 Å². The summed E-state index contributed by atoms with van der Waals surface area (Å²) in [5.41, 5.74) is 0. The molecular weight excluding hydrogens is 216 g/mol.